The van der Waals surface area contributed by atoms with Crippen molar-refractivity contribution in [1.82, 2.24) is 5.32 Å². The smallest absolute Gasteiger partial charge is 0.251 e. The zero-order chi connectivity index (χ0) is 19.3. The number of benzene rings is 2. The highest BCUT2D eigenvalue weighted by molar-refractivity contribution is 7.92. The molecule has 0 heterocycles. The first-order valence-electron chi connectivity index (χ1n) is 8.26. The fraction of sp³-hybridized carbons (Fsp3) is 0.316. The topological polar surface area (TPSA) is 84.5 Å². The minimum Gasteiger partial charge on any atom is -0.496 e. The van der Waals surface area contributed by atoms with Crippen molar-refractivity contribution in [3.05, 3.63) is 59.2 Å². The SMILES string of the molecule is CC[C@H](NC(=O)c1cccc(NS(C)(=O)=O)c1)c1ccc(OC)c(C)c1. The van der Waals surface area contributed by atoms with Crippen molar-refractivity contribution in [1.29, 1.82) is 0 Å². The summed E-state index contributed by atoms with van der Waals surface area (Å²) >= 11 is 0. The molecule has 1 amide bonds. The summed E-state index contributed by atoms with van der Waals surface area (Å²) in [6.07, 6.45) is 1.79. The molecule has 0 bridgehead atoms. The number of nitrogens with one attached hydrogen (secondary N) is 2. The first-order chi connectivity index (χ1) is 12.2. The molecule has 0 aliphatic carbocycles. The Morgan fingerprint density at radius 1 is 1.19 bits per heavy atom. The quantitative estimate of drug-likeness (QED) is 0.777. The van der Waals surface area contributed by atoms with Gasteiger partial charge in [0.25, 0.3) is 5.91 Å². The second kappa shape index (κ2) is 8.23. The van der Waals surface area contributed by atoms with E-state index in [1.165, 1.54) is 6.07 Å². The summed E-state index contributed by atoms with van der Waals surface area (Å²) in [5.41, 5.74) is 2.73. The summed E-state index contributed by atoms with van der Waals surface area (Å²) in [6, 6.07) is 12.1. The highest BCUT2D eigenvalue weighted by Gasteiger charge is 2.16. The van der Waals surface area contributed by atoms with Gasteiger partial charge in [0, 0.05) is 11.3 Å². The molecule has 0 fully saturated rings. The Bertz CT molecular complexity index is 894. The lowest BCUT2D eigenvalue weighted by atomic mass is 10.0. The highest BCUT2D eigenvalue weighted by atomic mass is 32.2. The number of rotatable bonds is 7. The number of hydrogen-bond acceptors (Lipinski definition) is 4. The van der Waals surface area contributed by atoms with Crippen LogP contribution in [0.15, 0.2) is 42.5 Å². The molecular weight excluding hydrogens is 352 g/mol. The minimum atomic E-state index is -3.40. The van der Waals surface area contributed by atoms with Crippen molar-refractivity contribution in [3.63, 3.8) is 0 Å². The molecule has 2 rings (SSSR count). The van der Waals surface area contributed by atoms with Crippen molar-refractivity contribution in [3.8, 4) is 5.75 Å². The zero-order valence-corrected chi connectivity index (χ0v) is 16.2. The third-order valence-electron chi connectivity index (χ3n) is 3.96. The molecular formula is C19H24N2O4S. The monoisotopic (exact) mass is 376 g/mol. The van der Waals surface area contributed by atoms with Crippen molar-refractivity contribution in [2.75, 3.05) is 18.1 Å². The molecule has 140 valence electrons. The Morgan fingerprint density at radius 2 is 1.92 bits per heavy atom. The van der Waals surface area contributed by atoms with Gasteiger partial charge in [-0.3, -0.25) is 9.52 Å². The summed E-state index contributed by atoms with van der Waals surface area (Å²) in [5, 5.41) is 3.00. The van der Waals surface area contributed by atoms with Gasteiger partial charge in [0.15, 0.2) is 0 Å². The normalized spacial score (nSPS) is 12.3. The van der Waals surface area contributed by atoms with E-state index < -0.39 is 10.0 Å². The maximum absolute atomic E-state index is 12.6. The van der Waals surface area contributed by atoms with E-state index in [0.717, 1.165) is 29.6 Å². The Balaban J connectivity index is 2.19. The van der Waals surface area contributed by atoms with Gasteiger partial charge in [-0.1, -0.05) is 25.1 Å². The fourth-order valence-electron chi connectivity index (χ4n) is 2.72. The fourth-order valence-corrected chi connectivity index (χ4v) is 3.27. The van der Waals surface area contributed by atoms with Gasteiger partial charge in [0.1, 0.15) is 5.75 Å². The van der Waals surface area contributed by atoms with Crippen molar-refractivity contribution < 1.29 is 17.9 Å². The number of amides is 1. The Morgan fingerprint density at radius 3 is 2.50 bits per heavy atom. The molecule has 0 aliphatic heterocycles. The maximum atomic E-state index is 12.6. The molecule has 1 atom stereocenters. The van der Waals surface area contributed by atoms with Crippen LogP contribution in [-0.2, 0) is 10.0 Å². The molecule has 7 heteroatoms. The molecule has 2 aromatic carbocycles. The van der Waals surface area contributed by atoms with Crippen LogP contribution in [0.25, 0.3) is 0 Å². The number of hydrogen-bond donors (Lipinski definition) is 2. The number of carbonyl (C=O) groups is 1. The van der Waals surface area contributed by atoms with Crippen molar-refractivity contribution in [2.24, 2.45) is 0 Å². The molecule has 26 heavy (non-hydrogen) atoms. The van der Waals surface area contributed by atoms with E-state index in [2.05, 4.69) is 10.0 Å². The summed E-state index contributed by atoms with van der Waals surface area (Å²) in [4.78, 5) is 12.6. The maximum Gasteiger partial charge on any atom is 0.251 e. The van der Waals surface area contributed by atoms with Crippen LogP contribution in [-0.4, -0.2) is 27.7 Å². The first kappa shape index (κ1) is 19.8. The molecule has 0 saturated carbocycles. The Hall–Kier alpha value is -2.54. The minimum absolute atomic E-state index is 0.154. The number of methoxy groups -OCH3 is 1. The lowest BCUT2D eigenvalue weighted by molar-refractivity contribution is 0.0935. The van der Waals surface area contributed by atoms with Crippen LogP contribution < -0.4 is 14.8 Å². The second-order valence-corrected chi connectivity index (χ2v) is 7.87. The summed E-state index contributed by atoms with van der Waals surface area (Å²) < 4.78 is 30.4. The van der Waals surface area contributed by atoms with Crippen molar-refractivity contribution in [2.45, 2.75) is 26.3 Å². The number of aryl methyl sites for hydroxylation is 1. The second-order valence-electron chi connectivity index (χ2n) is 6.12. The number of ether oxygens (including phenoxy) is 1. The molecule has 0 unspecified atom stereocenters. The molecule has 2 aromatic rings. The molecule has 0 saturated heterocycles. The molecule has 0 radical (unpaired) electrons. The number of anilines is 1. The largest absolute Gasteiger partial charge is 0.496 e. The molecule has 0 spiro atoms. The van der Waals surface area contributed by atoms with Gasteiger partial charge in [-0.05, 0) is 48.7 Å². The van der Waals surface area contributed by atoms with Gasteiger partial charge in [0.2, 0.25) is 10.0 Å². The molecule has 2 N–H and O–H groups in total. The predicted octanol–water partition coefficient (Wildman–Crippen LogP) is 3.26. The van der Waals surface area contributed by atoms with E-state index in [0.29, 0.717) is 11.3 Å². The molecule has 6 nitrogen and oxygen atoms in total. The van der Waals surface area contributed by atoms with Gasteiger partial charge in [-0.25, -0.2) is 8.42 Å². The molecule has 0 aliphatic rings. The summed E-state index contributed by atoms with van der Waals surface area (Å²) in [6.45, 7) is 3.95. The summed E-state index contributed by atoms with van der Waals surface area (Å²) in [7, 11) is -1.77. The number of carbonyl (C=O) groups excluding carboxylic acids is 1. The van der Waals surface area contributed by atoms with Crippen LogP contribution in [0.4, 0.5) is 5.69 Å². The Labute approximate surface area is 154 Å². The van der Waals surface area contributed by atoms with E-state index in [-0.39, 0.29) is 11.9 Å². The lowest BCUT2D eigenvalue weighted by Crippen LogP contribution is -2.28. The van der Waals surface area contributed by atoms with Crippen LogP contribution in [0.2, 0.25) is 0 Å². The van der Waals surface area contributed by atoms with E-state index in [1.807, 2.05) is 32.0 Å². The van der Waals surface area contributed by atoms with Gasteiger partial charge in [-0.15, -0.1) is 0 Å². The van der Waals surface area contributed by atoms with Gasteiger partial charge < -0.3 is 10.1 Å². The first-order valence-corrected chi connectivity index (χ1v) is 10.2. The standard InChI is InChI=1S/C19H24N2O4S/c1-5-17(14-9-10-18(25-3)13(2)11-14)20-19(22)15-7-6-8-16(12-15)21-26(4,23)24/h6-12,17,21H,5H2,1-4H3,(H,20,22)/t17-/m0/s1. The van der Waals surface area contributed by atoms with E-state index in [1.54, 1.807) is 25.3 Å². The Kier molecular flexibility index (Phi) is 6.26. The van der Waals surface area contributed by atoms with Crippen molar-refractivity contribution >= 4 is 21.6 Å². The third-order valence-corrected chi connectivity index (χ3v) is 4.57. The average Bonchev–Trinajstić information content (AvgIpc) is 2.58. The van der Waals surface area contributed by atoms with Gasteiger partial charge >= 0.3 is 0 Å². The van der Waals surface area contributed by atoms with Gasteiger partial charge in [0.05, 0.1) is 19.4 Å². The summed E-state index contributed by atoms with van der Waals surface area (Å²) in [5.74, 6) is 0.539. The third kappa shape index (κ3) is 5.23. The van der Waals surface area contributed by atoms with Crippen LogP contribution >= 0.6 is 0 Å². The molecule has 0 aromatic heterocycles. The van der Waals surface area contributed by atoms with Crippen LogP contribution in [0.3, 0.4) is 0 Å². The van der Waals surface area contributed by atoms with Gasteiger partial charge in [-0.2, -0.15) is 0 Å². The van der Waals surface area contributed by atoms with Crippen LogP contribution in [0, 0.1) is 6.92 Å². The van der Waals surface area contributed by atoms with E-state index >= 15 is 0 Å². The lowest BCUT2D eigenvalue weighted by Gasteiger charge is -2.19. The number of sulfonamides is 1. The van der Waals surface area contributed by atoms with E-state index in [4.69, 9.17) is 4.74 Å². The van der Waals surface area contributed by atoms with E-state index in [9.17, 15) is 13.2 Å². The van der Waals surface area contributed by atoms with Crippen LogP contribution in [0.5, 0.6) is 5.75 Å². The highest BCUT2D eigenvalue weighted by Crippen LogP contribution is 2.24. The van der Waals surface area contributed by atoms with Crippen LogP contribution in [0.1, 0.15) is 40.9 Å². The average molecular weight is 376 g/mol. The zero-order valence-electron chi connectivity index (χ0n) is 15.4. The predicted molar refractivity (Wildman–Crippen MR) is 103 cm³/mol.